The lowest BCUT2D eigenvalue weighted by Gasteiger charge is -2.34. The van der Waals surface area contributed by atoms with Crippen molar-refractivity contribution in [2.24, 2.45) is 5.92 Å². The molecule has 1 aromatic rings. The summed E-state index contributed by atoms with van der Waals surface area (Å²) in [6, 6.07) is 4.37. The van der Waals surface area contributed by atoms with Gasteiger partial charge in [0.1, 0.15) is 5.82 Å². The number of likely N-dealkylation sites (tertiary alicyclic amines) is 1. The van der Waals surface area contributed by atoms with Crippen molar-refractivity contribution in [3.63, 3.8) is 0 Å². The van der Waals surface area contributed by atoms with E-state index >= 15 is 0 Å². The Hall–Kier alpha value is -1.44. The van der Waals surface area contributed by atoms with Crippen LogP contribution in [0.3, 0.4) is 0 Å². The number of halogens is 1. The van der Waals surface area contributed by atoms with E-state index in [0.717, 1.165) is 24.6 Å². The first-order valence-electron chi connectivity index (χ1n) is 8.49. The molecule has 0 N–H and O–H groups in total. The number of amides is 1. The number of thioether (sulfide) groups is 1. The molecule has 0 bridgehead atoms. The molecule has 7 heteroatoms. The molecular formula is C18H22FNO4S. The van der Waals surface area contributed by atoms with Crippen molar-refractivity contribution < 1.29 is 23.5 Å². The van der Waals surface area contributed by atoms with Gasteiger partial charge in [0.25, 0.3) is 0 Å². The highest BCUT2D eigenvalue weighted by molar-refractivity contribution is 8.00. The number of ketones is 1. The summed E-state index contributed by atoms with van der Waals surface area (Å²) < 4.78 is 25.1. The molecule has 2 saturated heterocycles. The largest absolute Gasteiger partial charge is 0.350 e. The van der Waals surface area contributed by atoms with Gasteiger partial charge in [-0.05, 0) is 31.9 Å². The highest BCUT2D eigenvalue weighted by Crippen LogP contribution is 2.27. The van der Waals surface area contributed by atoms with E-state index in [1.807, 2.05) is 4.90 Å². The number of hydrogen-bond donors (Lipinski definition) is 0. The Bertz CT molecular complexity index is 648. The smallest absolute Gasteiger partial charge is 0.232 e. The van der Waals surface area contributed by atoms with E-state index < -0.39 is 5.82 Å². The summed E-state index contributed by atoms with van der Waals surface area (Å²) in [4.78, 5) is 25.9. The van der Waals surface area contributed by atoms with Gasteiger partial charge in [-0.2, -0.15) is 0 Å². The first-order valence-corrected chi connectivity index (χ1v) is 9.47. The number of carbonyl (C=O) groups is 2. The molecule has 25 heavy (non-hydrogen) atoms. The van der Waals surface area contributed by atoms with Crippen LogP contribution in [0.15, 0.2) is 23.1 Å². The molecule has 1 unspecified atom stereocenters. The summed E-state index contributed by atoms with van der Waals surface area (Å²) in [5.74, 6) is -0.272. The third-order valence-corrected chi connectivity index (χ3v) is 5.57. The SMILES string of the molecule is CC(=O)c1ccc(SCC(=O)N2CCCC(C3OCCO3)C2)c(F)c1. The lowest BCUT2D eigenvalue weighted by molar-refractivity contribution is -0.136. The van der Waals surface area contributed by atoms with Crippen LogP contribution in [0.1, 0.15) is 30.1 Å². The van der Waals surface area contributed by atoms with Gasteiger partial charge >= 0.3 is 0 Å². The number of piperidine rings is 1. The van der Waals surface area contributed by atoms with Crippen molar-refractivity contribution in [1.29, 1.82) is 0 Å². The molecule has 1 aromatic carbocycles. The summed E-state index contributed by atoms with van der Waals surface area (Å²) in [5, 5.41) is 0. The van der Waals surface area contributed by atoms with Gasteiger partial charge in [-0.3, -0.25) is 9.59 Å². The van der Waals surface area contributed by atoms with Gasteiger partial charge in [0.05, 0.1) is 19.0 Å². The summed E-state index contributed by atoms with van der Waals surface area (Å²) in [5.41, 5.74) is 0.337. The number of benzene rings is 1. The van der Waals surface area contributed by atoms with Crippen molar-refractivity contribution in [3.8, 4) is 0 Å². The number of hydrogen-bond acceptors (Lipinski definition) is 5. The maximum Gasteiger partial charge on any atom is 0.232 e. The van der Waals surface area contributed by atoms with Gasteiger partial charge in [0.15, 0.2) is 12.1 Å². The van der Waals surface area contributed by atoms with Crippen LogP contribution in [0, 0.1) is 11.7 Å². The normalized spacial score (nSPS) is 21.5. The minimum atomic E-state index is -0.463. The molecule has 2 aliphatic rings. The number of carbonyl (C=O) groups excluding carboxylic acids is 2. The van der Waals surface area contributed by atoms with Crippen LogP contribution in [0.4, 0.5) is 4.39 Å². The molecule has 0 radical (unpaired) electrons. The average molecular weight is 367 g/mol. The minimum absolute atomic E-state index is 0.0114. The molecule has 0 aromatic heterocycles. The highest BCUT2D eigenvalue weighted by Gasteiger charge is 2.32. The number of nitrogens with zero attached hydrogens (tertiary/aromatic N) is 1. The van der Waals surface area contributed by atoms with Crippen LogP contribution >= 0.6 is 11.8 Å². The van der Waals surface area contributed by atoms with Gasteiger partial charge in [-0.15, -0.1) is 11.8 Å². The molecule has 3 rings (SSSR count). The van der Waals surface area contributed by atoms with Crippen LogP contribution in [0.2, 0.25) is 0 Å². The van der Waals surface area contributed by atoms with Crippen molar-refractivity contribution in [2.45, 2.75) is 31.0 Å². The number of rotatable bonds is 5. The van der Waals surface area contributed by atoms with Crippen molar-refractivity contribution in [3.05, 3.63) is 29.6 Å². The van der Waals surface area contributed by atoms with Gasteiger partial charge in [-0.25, -0.2) is 4.39 Å². The lowest BCUT2D eigenvalue weighted by atomic mass is 9.97. The molecule has 1 amide bonds. The van der Waals surface area contributed by atoms with Gasteiger partial charge in [0, 0.05) is 29.5 Å². The Labute approximate surface area is 150 Å². The summed E-state index contributed by atoms with van der Waals surface area (Å²) in [7, 11) is 0. The maximum absolute atomic E-state index is 14.0. The Morgan fingerprint density at radius 3 is 2.76 bits per heavy atom. The van der Waals surface area contributed by atoms with E-state index in [0.29, 0.717) is 36.8 Å². The third-order valence-electron chi connectivity index (χ3n) is 4.53. The van der Waals surface area contributed by atoms with E-state index in [4.69, 9.17) is 9.47 Å². The maximum atomic E-state index is 14.0. The summed E-state index contributed by atoms with van der Waals surface area (Å²) in [6.07, 6.45) is 1.70. The fraction of sp³-hybridized carbons (Fsp3) is 0.556. The van der Waals surface area contributed by atoms with Crippen LogP contribution in [-0.4, -0.2) is 54.9 Å². The molecule has 0 spiro atoms. The summed E-state index contributed by atoms with van der Waals surface area (Å²) in [6.45, 7) is 3.96. The summed E-state index contributed by atoms with van der Waals surface area (Å²) >= 11 is 1.16. The van der Waals surface area contributed by atoms with Crippen molar-refractivity contribution in [2.75, 3.05) is 32.1 Å². The molecule has 0 aliphatic carbocycles. The van der Waals surface area contributed by atoms with Crippen molar-refractivity contribution in [1.82, 2.24) is 4.90 Å². The quantitative estimate of drug-likeness (QED) is 0.592. The zero-order valence-corrected chi connectivity index (χ0v) is 15.0. The molecule has 2 fully saturated rings. The Kier molecular flexibility index (Phi) is 6.09. The van der Waals surface area contributed by atoms with E-state index in [1.165, 1.54) is 13.0 Å². The van der Waals surface area contributed by atoms with Crippen LogP contribution in [0.25, 0.3) is 0 Å². The van der Waals surface area contributed by atoms with Crippen LogP contribution < -0.4 is 0 Å². The molecule has 1 atom stereocenters. The second-order valence-corrected chi connectivity index (χ2v) is 7.36. The predicted octanol–water partition coefficient (Wildman–Crippen LogP) is 2.73. The zero-order valence-electron chi connectivity index (χ0n) is 14.2. The van der Waals surface area contributed by atoms with E-state index in [2.05, 4.69) is 0 Å². The van der Waals surface area contributed by atoms with Crippen LogP contribution in [-0.2, 0) is 14.3 Å². The minimum Gasteiger partial charge on any atom is -0.350 e. The standard InChI is InChI=1S/C18H22FNO4S/c1-12(21)13-4-5-16(15(19)9-13)25-11-17(22)20-6-2-3-14(10-20)18-23-7-8-24-18/h4-5,9,14,18H,2-3,6-8,10-11H2,1H3. The third kappa shape index (κ3) is 4.59. The molecule has 2 aliphatic heterocycles. The molecule has 0 saturated carbocycles. The average Bonchev–Trinajstić information content (AvgIpc) is 3.15. The lowest BCUT2D eigenvalue weighted by Crippen LogP contribution is -2.44. The van der Waals surface area contributed by atoms with Gasteiger partial charge in [0.2, 0.25) is 5.91 Å². The molecule has 2 heterocycles. The Morgan fingerprint density at radius 2 is 2.08 bits per heavy atom. The fourth-order valence-electron chi connectivity index (χ4n) is 3.18. The highest BCUT2D eigenvalue weighted by atomic mass is 32.2. The van der Waals surface area contributed by atoms with Gasteiger partial charge < -0.3 is 14.4 Å². The monoisotopic (exact) mass is 367 g/mol. The van der Waals surface area contributed by atoms with E-state index in [9.17, 15) is 14.0 Å². The van der Waals surface area contributed by atoms with Gasteiger partial charge in [-0.1, -0.05) is 6.07 Å². The number of Topliss-reactive ketones (excluding diaryl/α,β-unsaturated/α-hetero) is 1. The zero-order chi connectivity index (χ0) is 17.8. The first-order chi connectivity index (χ1) is 12.0. The molecular weight excluding hydrogens is 345 g/mol. The molecule has 5 nitrogen and oxygen atoms in total. The van der Waals surface area contributed by atoms with E-state index in [-0.39, 0.29) is 29.7 Å². The Balaban J connectivity index is 1.54. The van der Waals surface area contributed by atoms with Crippen LogP contribution in [0.5, 0.6) is 0 Å². The second-order valence-electron chi connectivity index (χ2n) is 6.34. The van der Waals surface area contributed by atoms with Crippen molar-refractivity contribution >= 4 is 23.5 Å². The predicted molar refractivity (Wildman–Crippen MR) is 92.1 cm³/mol. The second kappa shape index (κ2) is 8.29. The molecule has 136 valence electrons. The topological polar surface area (TPSA) is 55.8 Å². The Morgan fingerprint density at radius 1 is 1.32 bits per heavy atom. The fourth-order valence-corrected chi connectivity index (χ4v) is 4.00. The first kappa shape index (κ1) is 18.4. The number of ether oxygens (including phenoxy) is 2. The van der Waals surface area contributed by atoms with E-state index in [1.54, 1.807) is 12.1 Å².